The second kappa shape index (κ2) is 10.8. The number of nitrogens with one attached hydrogen (secondary N) is 1. The van der Waals surface area contributed by atoms with E-state index < -0.39 is 35.6 Å². The minimum Gasteiger partial charge on any atom is -0.484 e. The van der Waals surface area contributed by atoms with Gasteiger partial charge in [-0.3, -0.25) is 9.59 Å². The van der Waals surface area contributed by atoms with Crippen LogP contribution in [-0.2, 0) is 11.0 Å². The van der Waals surface area contributed by atoms with Gasteiger partial charge in [-0.2, -0.15) is 13.2 Å². The van der Waals surface area contributed by atoms with E-state index in [1.54, 1.807) is 36.4 Å². The summed E-state index contributed by atoms with van der Waals surface area (Å²) in [7, 11) is 0. The van der Waals surface area contributed by atoms with Crippen LogP contribution in [-0.4, -0.2) is 12.5 Å². The molecule has 40 heavy (non-hydrogen) atoms. The number of alkyl halides is 3. The molecule has 0 atom stereocenters. The van der Waals surface area contributed by atoms with Gasteiger partial charge >= 0.3 is 6.18 Å². The highest BCUT2D eigenvalue weighted by atomic mass is 19.4. The van der Waals surface area contributed by atoms with Crippen LogP contribution in [0.4, 0.5) is 18.9 Å². The van der Waals surface area contributed by atoms with Crippen molar-refractivity contribution in [3.63, 3.8) is 0 Å². The Morgan fingerprint density at radius 3 is 2.35 bits per heavy atom. The number of hydrogen-bond acceptors (Lipinski definition) is 5. The fourth-order valence-electron chi connectivity index (χ4n) is 4.32. The zero-order valence-corrected chi connectivity index (χ0v) is 21.5. The maximum Gasteiger partial charge on any atom is 0.453 e. The van der Waals surface area contributed by atoms with Crippen molar-refractivity contribution in [3.05, 3.63) is 106 Å². The molecule has 6 nitrogen and oxygen atoms in total. The van der Waals surface area contributed by atoms with Gasteiger partial charge in [-0.25, -0.2) is 0 Å². The van der Waals surface area contributed by atoms with Crippen molar-refractivity contribution in [1.82, 2.24) is 0 Å². The molecule has 1 aromatic heterocycles. The van der Waals surface area contributed by atoms with Crippen LogP contribution in [0.15, 0.2) is 94.1 Å². The lowest BCUT2D eigenvalue weighted by Gasteiger charge is -2.15. The number of halogens is 3. The standard InChI is InChI=1S/C31H24F3NO5/c1-18(2)23-9-5-6-10-25(23)35-27(36)17-38-21-13-14-24-26(16-21)40-30(31(32,33)34)29(28(24)37)39-22-12-11-19-7-3-4-8-20(19)15-22/h3-16,18H,17H2,1-2H3,(H,35,36). The fourth-order valence-corrected chi connectivity index (χ4v) is 4.32. The van der Waals surface area contributed by atoms with Crippen molar-refractivity contribution in [2.75, 3.05) is 11.9 Å². The van der Waals surface area contributed by atoms with Crippen molar-refractivity contribution in [2.24, 2.45) is 0 Å². The van der Waals surface area contributed by atoms with E-state index in [0.29, 0.717) is 5.69 Å². The molecule has 1 heterocycles. The van der Waals surface area contributed by atoms with Crippen molar-refractivity contribution >= 4 is 33.3 Å². The highest BCUT2D eigenvalue weighted by molar-refractivity contribution is 5.93. The third kappa shape index (κ3) is 5.63. The first kappa shape index (κ1) is 26.8. The van der Waals surface area contributed by atoms with E-state index in [0.717, 1.165) is 22.4 Å². The smallest absolute Gasteiger partial charge is 0.453 e. The normalized spacial score (nSPS) is 11.7. The van der Waals surface area contributed by atoms with Crippen LogP contribution in [0, 0.1) is 0 Å². The highest BCUT2D eigenvalue weighted by Crippen LogP contribution is 2.39. The van der Waals surface area contributed by atoms with Crippen molar-refractivity contribution in [1.29, 1.82) is 0 Å². The van der Waals surface area contributed by atoms with Gasteiger partial charge in [0.1, 0.15) is 17.1 Å². The molecule has 0 aliphatic heterocycles. The van der Waals surface area contributed by atoms with Gasteiger partial charge in [-0.05, 0) is 52.6 Å². The quantitative estimate of drug-likeness (QED) is 0.224. The molecule has 0 aliphatic rings. The summed E-state index contributed by atoms with van der Waals surface area (Å²) in [5.41, 5.74) is 0.247. The summed E-state index contributed by atoms with van der Waals surface area (Å²) in [5.74, 6) is -2.70. The molecule has 0 saturated carbocycles. The summed E-state index contributed by atoms with van der Waals surface area (Å²) in [6.07, 6.45) is -5.01. The number of para-hydroxylation sites is 1. The van der Waals surface area contributed by atoms with Crippen molar-refractivity contribution < 1.29 is 31.9 Å². The Bertz CT molecular complexity index is 1780. The minimum atomic E-state index is -5.01. The Morgan fingerprint density at radius 1 is 0.900 bits per heavy atom. The van der Waals surface area contributed by atoms with Crippen LogP contribution in [0.1, 0.15) is 31.1 Å². The van der Waals surface area contributed by atoms with Crippen LogP contribution in [0.3, 0.4) is 0 Å². The van der Waals surface area contributed by atoms with Gasteiger partial charge in [-0.15, -0.1) is 0 Å². The summed E-state index contributed by atoms with van der Waals surface area (Å²) in [6, 6.07) is 23.1. The van der Waals surface area contributed by atoms with E-state index >= 15 is 0 Å². The first-order chi connectivity index (χ1) is 19.1. The molecule has 4 aromatic carbocycles. The summed E-state index contributed by atoms with van der Waals surface area (Å²) in [4.78, 5) is 25.6. The van der Waals surface area contributed by atoms with Crippen LogP contribution < -0.4 is 20.2 Å². The van der Waals surface area contributed by atoms with Gasteiger partial charge in [0.2, 0.25) is 11.2 Å². The Labute approximate surface area is 226 Å². The Hall–Kier alpha value is -4.79. The largest absolute Gasteiger partial charge is 0.484 e. The molecule has 5 aromatic rings. The summed E-state index contributed by atoms with van der Waals surface area (Å²) >= 11 is 0. The van der Waals surface area contributed by atoms with E-state index in [1.807, 2.05) is 38.1 Å². The Morgan fingerprint density at radius 2 is 1.60 bits per heavy atom. The van der Waals surface area contributed by atoms with E-state index in [4.69, 9.17) is 13.9 Å². The maximum absolute atomic E-state index is 14.0. The molecule has 0 saturated heterocycles. The van der Waals surface area contributed by atoms with Gasteiger partial charge in [0.25, 0.3) is 11.7 Å². The first-order valence-corrected chi connectivity index (χ1v) is 12.5. The van der Waals surface area contributed by atoms with E-state index in [9.17, 15) is 22.8 Å². The molecular weight excluding hydrogens is 523 g/mol. The molecule has 0 bridgehead atoms. The zero-order chi connectivity index (χ0) is 28.4. The molecule has 1 amide bonds. The molecule has 9 heteroatoms. The number of ether oxygens (including phenoxy) is 2. The lowest BCUT2D eigenvalue weighted by molar-refractivity contribution is -0.154. The zero-order valence-electron chi connectivity index (χ0n) is 21.5. The van der Waals surface area contributed by atoms with Crippen LogP contribution in [0.2, 0.25) is 0 Å². The third-order valence-corrected chi connectivity index (χ3v) is 6.25. The number of carbonyl (C=O) groups excluding carboxylic acids is 1. The number of carbonyl (C=O) groups is 1. The second-order valence-corrected chi connectivity index (χ2v) is 9.43. The summed E-state index contributed by atoms with van der Waals surface area (Å²) in [5, 5.41) is 4.24. The average molecular weight is 548 g/mol. The Kier molecular flexibility index (Phi) is 7.21. The first-order valence-electron chi connectivity index (χ1n) is 12.5. The number of amides is 1. The lowest BCUT2D eigenvalue weighted by Crippen LogP contribution is -2.21. The van der Waals surface area contributed by atoms with Crippen LogP contribution in [0.5, 0.6) is 17.2 Å². The number of fused-ring (bicyclic) bond motifs is 2. The average Bonchev–Trinajstić information content (AvgIpc) is 2.92. The van der Waals surface area contributed by atoms with Crippen molar-refractivity contribution in [2.45, 2.75) is 25.9 Å². The number of benzene rings is 4. The van der Waals surface area contributed by atoms with E-state index in [2.05, 4.69) is 5.32 Å². The predicted molar refractivity (Wildman–Crippen MR) is 146 cm³/mol. The van der Waals surface area contributed by atoms with E-state index in [-0.39, 0.29) is 28.4 Å². The molecule has 204 valence electrons. The molecule has 1 N–H and O–H groups in total. The molecule has 0 spiro atoms. The van der Waals surface area contributed by atoms with E-state index in [1.165, 1.54) is 18.2 Å². The second-order valence-electron chi connectivity index (χ2n) is 9.43. The van der Waals surface area contributed by atoms with Gasteiger partial charge in [0.05, 0.1) is 5.39 Å². The molecule has 0 aliphatic carbocycles. The number of hydrogen-bond donors (Lipinski definition) is 1. The highest BCUT2D eigenvalue weighted by Gasteiger charge is 2.40. The third-order valence-electron chi connectivity index (χ3n) is 6.25. The maximum atomic E-state index is 14.0. The molecule has 5 rings (SSSR count). The Balaban J connectivity index is 1.41. The number of anilines is 1. The molecule has 0 radical (unpaired) electrons. The SMILES string of the molecule is CC(C)c1ccccc1NC(=O)COc1ccc2c(=O)c(Oc3ccc4ccccc4c3)c(C(F)(F)F)oc2c1. The molecular formula is C31H24F3NO5. The van der Waals surface area contributed by atoms with Crippen LogP contribution in [0.25, 0.3) is 21.7 Å². The fraction of sp³-hybridized carbons (Fsp3) is 0.161. The predicted octanol–water partition coefficient (Wildman–Crippen LogP) is 7.90. The van der Waals surface area contributed by atoms with Gasteiger partial charge < -0.3 is 19.2 Å². The van der Waals surface area contributed by atoms with Gasteiger partial charge in [0.15, 0.2) is 6.61 Å². The van der Waals surface area contributed by atoms with Gasteiger partial charge in [-0.1, -0.05) is 62.4 Å². The minimum absolute atomic E-state index is 0.0549. The van der Waals surface area contributed by atoms with Crippen molar-refractivity contribution in [3.8, 4) is 17.2 Å². The monoisotopic (exact) mass is 547 g/mol. The topological polar surface area (TPSA) is 77.8 Å². The van der Waals surface area contributed by atoms with Crippen LogP contribution >= 0.6 is 0 Å². The molecule has 0 fully saturated rings. The summed E-state index contributed by atoms with van der Waals surface area (Å²) < 4.78 is 58.0. The summed E-state index contributed by atoms with van der Waals surface area (Å²) in [6.45, 7) is 3.59. The van der Waals surface area contributed by atoms with Gasteiger partial charge in [0, 0.05) is 11.8 Å². The number of rotatable bonds is 7. The molecule has 0 unspecified atom stereocenters. The lowest BCUT2D eigenvalue weighted by atomic mass is 10.0.